The van der Waals surface area contributed by atoms with Gasteiger partial charge in [0, 0.05) is 19.3 Å². The zero-order valence-corrected chi connectivity index (χ0v) is 22.1. The highest BCUT2D eigenvalue weighted by molar-refractivity contribution is 14.0. The van der Waals surface area contributed by atoms with E-state index in [1.807, 2.05) is 50.2 Å². The van der Waals surface area contributed by atoms with Crippen LogP contribution in [0, 0.1) is 12.8 Å². The van der Waals surface area contributed by atoms with E-state index in [1.165, 1.54) is 6.26 Å². The molecule has 2 N–H and O–H groups in total. The van der Waals surface area contributed by atoms with Crippen LogP contribution in [0.4, 0.5) is 0 Å². The molecule has 0 fully saturated rings. The first-order chi connectivity index (χ1) is 14.2. The van der Waals surface area contributed by atoms with Crippen molar-refractivity contribution in [1.29, 1.82) is 0 Å². The lowest BCUT2D eigenvalue weighted by molar-refractivity contribution is 0.271. The van der Waals surface area contributed by atoms with E-state index in [1.54, 1.807) is 6.07 Å². The van der Waals surface area contributed by atoms with E-state index in [4.69, 9.17) is 4.74 Å². The molecule has 0 aliphatic carbocycles. The summed E-state index contributed by atoms with van der Waals surface area (Å²) >= 11 is 0. The summed E-state index contributed by atoms with van der Waals surface area (Å²) in [6, 6.07) is 13.4. The number of guanidine groups is 1. The maximum absolute atomic E-state index is 11.8. The number of benzene rings is 2. The van der Waals surface area contributed by atoms with Gasteiger partial charge in [-0.2, -0.15) is 0 Å². The maximum atomic E-state index is 11.8. The average molecular weight is 560 g/mol. The Morgan fingerprint density at radius 1 is 1.06 bits per heavy atom. The van der Waals surface area contributed by atoms with Crippen LogP contribution in [0.15, 0.2) is 52.4 Å². The van der Waals surface area contributed by atoms with E-state index in [-0.39, 0.29) is 24.0 Å². The Morgan fingerprint density at radius 3 is 2.26 bits per heavy atom. The van der Waals surface area contributed by atoms with Crippen molar-refractivity contribution >= 4 is 39.8 Å². The van der Waals surface area contributed by atoms with Crippen LogP contribution < -0.4 is 15.4 Å². The van der Waals surface area contributed by atoms with Crippen molar-refractivity contribution in [1.82, 2.24) is 10.6 Å². The van der Waals surface area contributed by atoms with Gasteiger partial charge in [0.25, 0.3) is 0 Å². The van der Waals surface area contributed by atoms with Gasteiger partial charge in [0.1, 0.15) is 5.75 Å². The van der Waals surface area contributed by atoms with Crippen LogP contribution in [0.1, 0.15) is 37.5 Å². The van der Waals surface area contributed by atoms with Gasteiger partial charge >= 0.3 is 0 Å². The van der Waals surface area contributed by atoms with Crippen LogP contribution in [0.25, 0.3) is 0 Å². The summed E-state index contributed by atoms with van der Waals surface area (Å²) < 4.78 is 29.3. The lowest BCUT2D eigenvalue weighted by Gasteiger charge is -2.13. The molecule has 0 atom stereocenters. The van der Waals surface area contributed by atoms with Crippen molar-refractivity contribution in [3.8, 4) is 5.75 Å². The molecule has 0 saturated heterocycles. The molecule has 6 nitrogen and oxygen atoms in total. The molecule has 172 valence electrons. The molecule has 31 heavy (non-hydrogen) atoms. The number of rotatable bonds is 9. The first-order valence-electron chi connectivity index (χ1n) is 10.2. The van der Waals surface area contributed by atoms with Crippen molar-refractivity contribution in [3.05, 3.63) is 59.2 Å². The van der Waals surface area contributed by atoms with Crippen LogP contribution >= 0.6 is 24.0 Å². The zero-order chi connectivity index (χ0) is 22.1. The van der Waals surface area contributed by atoms with Crippen LogP contribution in [-0.4, -0.2) is 33.8 Å². The van der Waals surface area contributed by atoms with Gasteiger partial charge in [0.05, 0.1) is 18.0 Å². The van der Waals surface area contributed by atoms with Gasteiger partial charge in [-0.15, -0.1) is 24.0 Å². The number of nitrogens with zero attached hydrogens (tertiary/aromatic N) is 1. The molecule has 8 heteroatoms. The van der Waals surface area contributed by atoms with Gasteiger partial charge in [0.2, 0.25) is 0 Å². The Hall–Kier alpha value is -1.81. The quantitative estimate of drug-likeness (QED) is 0.272. The Bertz CT molecular complexity index is 959. The molecule has 0 heterocycles. The number of hydrogen-bond donors (Lipinski definition) is 2. The van der Waals surface area contributed by atoms with Crippen LogP contribution in [0.2, 0.25) is 0 Å². The highest BCUT2D eigenvalue weighted by atomic mass is 127. The van der Waals surface area contributed by atoms with Gasteiger partial charge < -0.3 is 15.4 Å². The normalized spacial score (nSPS) is 11.7. The fourth-order valence-electron chi connectivity index (χ4n) is 2.89. The van der Waals surface area contributed by atoms with Gasteiger partial charge in [-0.1, -0.05) is 38.1 Å². The molecule has 0 spiro atoms. The molecule has 2 rings (SSSR count). The lowest BCUT2D eigenvalue weighted by atomic mass is 10.1. The Labute approximate surface area is 203 Å². The summed E-state index contributed by atoms with van der Waals surface area (Å²) in [5.74, 6) is 2.08. The van der Waals surface area contributed by atoms with Gasteiger partial charge in [-0.3, -0.25) is 0 Å². The summed E-state index contributed by atoms with van der Waals surface area (Å²) in [7, 11) is -3.21. The summed E-state index contributed by atoms with van der Waals surface area (Å²) in [6.45, 7) is 10.6. The summed E-state index contributed by atoms with van der Waals surface area (Å²) in [6.07, 6.45) is 1.23. The smallest absolute Gasteiger partial charge is 0.191 e. The Balaban J connectivity index is 0.00000480. The minimum absolute atomic E-state index is 0. The van der Waals surface area contributed by atoms with Crippen molar-refractivity contribution in [2.24, 2.45) is 10.9 Å². The number of hydrogen-bond acceptors (Lipinski definition) is 4. The number of ether oxygens (including phenoxy) is 1. The van der Waals surface area contributed by atoms with Crippen molar-refractivity contribution in [2.45, 2.75) is 45.7 Å². The third-order valence-electron chi connectivity index (χ3n) is 4.37. The molecule has 0 radical (unpaired) electrons. The SMILES string of the molecule is CCNC(=NCc1ccc(S(C)(=O)=O)c(C)c1)NCc1ccc(OCC(C)C)cc1.I. The maximum Gasteiger partial charge on any atom is 0.191 e. The van der Waals surface area contributed by atoms with Crippen molar-refractivity contribution in [2.75, 3.05) is 19.4 Å². The molecule has 0 unspecified atom stereocenters. The molecule has 0 aliphatic heterocycles. The third kappa shape index (κ3) is 9.47. The monoisotopic (exact) mass is 559 g/mol. The van der Waals surface area contributed by atoms with Gasteiger partial charge in [-0.25, -0.2) is 13.4 Å². The summed E-state index contributed by atoms with van der Waals surface area (Å²) in [4.78, 5) is 4.98. The predicted molar refractivity (Wildman–Crippen MR) is 138 cm³/mol. The molecule has 0 amide bonds. The second kappa shape index (κ2) is 12.9. The molecule has 0 aliphatic rings. The highest BCUT2D eigenvalue weighted by Crippen LogP contribution is 2.17. The molecule has 2 aromatic carbocycles. The Kier molecular flexibility index (Phi) is 11.3. The highest BCUT2D eigenvalue weighted by Gasteiger charge is 2.10. The number of sulfone groups is 1. The summed E-state index contributed by atoms with van der Waals surface area (Å²) in [5.41, 5.74) is 2.83. The fraction of sp³-hybridized carbons (Fsp3) is 0.435. The van der Waals surface area contributed by atoms with Crippen LogP contribution in [0.5, 0.6) is 5.75 Å². The minimum atomic E-state index is -3.21. The number of aryl methyl sites for hydroxylation is 1. The van der Waals surface area contributed by atoms with E-state index >= 15 is 0 Å². The fourth-order valence-corrected chi connectivity index (χ4v) is 3.85. The number of aliphatic imine (C=N–C) groups is 1. The molecular formula is C23H34IN3O3S. The first-order valence-corrected chi connectivity index (χ1v) is 12.1. The topological polar surface area (TPSA) is 79.8 Å². The van der Waals surface area contributed by atoms with E-state index < -0.39 is 9.84 Å². The van der Waals surface area contributed by atoms with Gasteiger partial charge in [0.15, 0.2) is 15.8 Å². The molecule has 0 bridgehead atoms. The number of nitrogens with one attached hydrogen (secondary N) is 2. The molecule has 0 saturated carbocycles. The lowest BCUT2D eigenvalue weighted by Crippen LogP contribution is -2.36. The molecule has 2 aromatic rings. The minimum Gasteiger partial charge on any atom is -0.493 e. The first kappa shape index (κ1) is 27.2. The largest absolute Gasteiger partial charge is 0.493 e. The van der Waals surface area contributed by atoms with Crippen LogP contribution in [0.3, 0.4) is 0 Å². The predicted octanol–water partition coefficient (Wildman–Crippen LogP) is 4.31. The second-order valence-electron chi connectivity index (χ2n) is 7.77. The van der Waals surface area contributed by atoms with E-state index in [0.717, 1.165) is 29.0 Å². The standard InChI is InChI=1S/C23H33N3O3S.HI/c1-6-24-23(25-14-19-7-10-21(11-8-19)29-16-17(2)3)26-15-20-9-12-22(18(4)13-20)30(5,27)28;/h7-13,17H,6,14-16H2,1-5H3,(H2,24,25,26);1H. The number of halogens is 1. The van der Waals surface area contributed by atoms with E-state index in [0.29, 0.717) is 36.5 Å². The Morgan fingerprint density at radius 2 is 1.71 bits per heavy atom. The third-order valence-corrected chi connectivity index (χ3v) is 5.63. The van der Waals surface area contributed by atoms with Gasteiger partial charge in [-0.05, 0) is 54.7 Å². The van der Waals surface area contributed by atoms with E-state index in [9.17, 15) is 8.42 Å². The van der Waals surface area contributed by atoms with Crippen molar-refractivity contribution in [3.63, 3.8) is 0 Å². The zero-order valence-electron chi connectivity index (χ0n) is 18.9. The molecule has 0 aromatic heterocycles. The van der Waals surface area contributed by atoms with Crippen LogP contribution in [-0.2, 0) is 22.9 Å². The average Bonchev–Trinajstić information content (AvgIpc) is 2.68. The molecular weight excluding hydrogens is 525 g/mol. The van der Waals surface area contributed by atoms with E-state index in [2.05, 4.69) is 29.5 Å². The second-order valence-corrected chi connectivity index (χ2v) is 9.75. The van der Waals surface area contributed by atoms with Crippen molar-refractivity contribution < 1.29 is 13.2 Å². The summed E-state index contributed by atoms with van der Waals surface area (Å²) in [5, 5.41) is 6.57.